The maximum Gasteiger partial charge on any atom is 0.414 e. The van der Waals surface area contributed by atoms with E-state index < -0.39 is 0 Å². The number of aromatic nitrogens is 1. The number of carbonyl (C=O) groups excluding carboxylic acids is 2. The third kappa shape index (κ3) is 3.42. The number of hydrogen-bond acceptors (Lipinski definition) is 4. The molecule has 142 valence electrons. The van der Waals surface area contributed by atoms with E-state index in [9.17, 15) is 9.59 Å². The molecule has 0 saturated carbocycles. The third-order valence-corrected chi connectivity index (χ3v) is 5.14. The van der Waals surface area contributed by atoms with E-state index >= 15 is 0 Å². The maximum atomic E-state index is 12.3. The quantitative estimate of drug-likeness (QED) is 0.831. The van der Waals surface area contributed by atoms with Crippen LogP contribution in [-0.4, -0.2) is 49.0 Å². The summed E-state index contributed by atoms with van der Waals surface area (Å²) < 4.78 is 12.9. The van der Waals surface area contributed by atoms with Crippen molar-refractivity contribution in [2.75, 3.05) is 36.1 Å². The van der Waals surface area contributed by atoms with Crippen molar-refractivity contribution in [2.24, 2.45) is 0 Å². The Balaban J connectivity index is 1.45. The molecule has 2 saturated heterocycles. The van der Waals surface area contributed by atoms with Gasteiger partial charge in [0, 0.05) is 29.3 Å². The molecule has 2 aliphatic heterocycles. The number of nitrogens with zero attached hydrogens (tertiary/aromatic N) is 3. The summed E-state index contributed by atoms with van der Waals surface area (Å²) >= 11 is 0. The molecule has 7 heteroatoms. The molecule has 0 spiro atoms. The number of hydrogen-bond donors (Lipinski definition) is 0. The van der Waals surface area contributed by atoms with Gasteiger partial charge in [-0.1, -0.05) is 0 Å². The summed E-state index contributed by atoms with van der Waals surface area (Å²) in [5, 5.41) is 0. The van der Waals surface area contributed by atoms with Crippen LogP contribution in [-0.2, 0) is 20.8 Å². The first-order valence-electron chi connectivity index (χ1n) is 9.12. The molecular formula is C20H23N3O4. The smallest absolute Gasteiger partial charge is 0.414 e. The van der Waals surface area contributed by atoms with Gasteiger partial charge in [0.25, 0.3) is 5.91 Å². The Morgan fingerprint density at radius 1 is 0.963 bits per heavy atom. The molecule has 0 aliphatic carbocycles. The van der Waals surface area contributed by atoms with Crippen LogP contribution in [0.25, 0.3) is 0 Å². The molecule has 2 fully saturated rings. The Labute approximate surface area is 158 Å². The third-order valence-electron chi connectivity index (χ3n) is 5.14. The van der Waals surface area contributed by atoms with Crippen LogP contribution in [0.15, 0.2) is 36.4 Å². The lowest BCUT2D eigenvalue weighted by atomic mass is 10.2. The largest absolute Gasteiger partial charge is 0.442 e. The van der Waals surface area contributed by atoms with E-state index in [4.69, 9.17) is 9.47 Å². The van der Waals surface area contributed by atoms with E-state index in [1.54, 1.807) is 9.80 Å². The molecule has 3 heterocycles. The molecule has 0 N–H and O–H groups in total. The van der Waals surface area contributed by atoms with E-state index in [-0.39, 0.29) is 24.7 Å². The van der Waals surface area contributed by atoms with Crippen molar-refractivity contribution >= 4 is 23.4 Å². The average Bonchev–Trinajstić information content (AvgIpc) is 3.19. The number of benzene rings is 1. The Morgan fingerprint density at radius 2 is 1.59 bits per heavy atom. The number of ether oxygens (including phenoxy) is 2. The second-order valence-corrected chi connectivity index (χ2v) is 6.96. The molecule has 1 aromatic heterocycles. The fourth-order valence-corrected chi connectivity index (χ4v) is 3.62. The highest BCUT2D eigenvalue weighted by atomic mass is 16.6. The van der Waals surface area contributed by atoms with Crippen LogP contribution in [0.1, 0.15) is 11.4 Å². The Morgan fingerprint density at radius 3 is 2.22 bits per heavy atom. The van der Waals surface area contributed by atoms with E-state index in [1.165, 1.54) is 0 Å². The lowest BCUT2D eigenvalue weighted by Gasteiger charge is -2.27. The first-order chi connectivity index (χ1) is 13.0. The summed E-state index contributed by atoms with van der Waals surface area (Å²) in [6.07, 6.45) is -0.527. The molecule has 0 radical (unpaired) electrons. The van der Waals surface area contributed by atoms with Crippen LogP contribution >= 0.6 is 0 Å². The molecule has 2 amide bonds. The summed E-state index contributed by atoms with van der Waals surface area (Å²) in [5.74, 6) is -0.0490. The fraction of sp³-hybridized carbons (Fsp3) is 0.400. The van der Waals surface area contributed by atoms with E-state index in [1.807, 2.05) is 38.1 Å². The van der Waals surface area contributed by atoms with Gasteiger partial charge in [-0.3, -0.25) is 9.69 Å². The summed E-state index contributed by atoms with van der Waals surface area (Å²) in [7, 11) is 0. The number of anilines is 2. The fourth-order valence-electron chi connectivity index (χ4n) is 3.62. The second kappa shape index (κ2) is 7.08. The number of cyclic esters (lactones) is 1. The highest BCUT2D eigenvalue weighted by Crippen LogP contribution is 2.26. The first-order valence-corrected chi connectivity index (χ1v) is 9.12. The van der Waals surface area contributed by atoms with Crippen molar-refractivity contribution in [3.63, 3.8) is 0 Å². The Kier molecular flexibility index (Phi) is 4.61. The topological polar surface area (TPSA) is 64.0 Å². The zero-order chi connectivity index (χ0) is 19.0. The minimum atomic E-state index is -0.335. The highest BCUT2D eigenvalue weighted by Gasteiger charge is 2.33. The van der Waals surface area contributed by atoms with E-state index in [0.29, 0.717) is 26.2 Å². The van der Waals surface area contributed by atoms with E-state index in [2.05, 4.69) is 16.7 Å². The van der Waals surface area contributed by atoms with Crippen molar-refractivity contribution in [3.05, 3.63) is 47.8 Å². The minimum absolute atomic E-state index is 0.0490. The molecule has 4 rings (SSSR count). The van der Waals surface area contributed by atoms with Crippen molar-refractivity contribution < 1.29 is 19.1 Å². The van der Waals surface area contributed by atoms with Crippen LogP contribution in [0.4, 0.5) is 16.2 Å². The molecule has 2 aromatic rings. The van der Waals surface area contributed by atoms with Gasteiger partial charge in [0.15, 0.2) is 0 Å². The van der Waals surface area contributed by atoms with Gasteiger partial charge in [-0.05, 0) is 50.2 Å². The zero-order valence-electron chi connectivity index (χ0n) is 15.6. The molecular weight excluding hydrogens is 346 g/mol. The van der Waals surface area contributed by atoms with Gasteiger partial charge in [0.2, 0.25) is 0 Å². The first kappa shape index (κ1) is 17.6. The molecule has 0 bridgehead atoms. The van der Waals surface area contributed by atoms with Gasteiger partial charge in [0.05, 0.1) is 19.7 Å². The number of carbonyl (C=O) groups is 2. The van der Waals surface area contributed by atoms with Crippen molar-refractivity contribution in [2.45, 2.75) is 26.5 Å². The summed E-state index contributed by atoms with van der Waals surface area (Å²) in [6.45, 7) is 6.44. The maximum absolute atomic E-state index is 12.3. The van der Waals surface area contributed by atoms with E-state index in [0.717, 1.165) is 22.8 Å². The number of amides is 2. The number of rotatable bonds is 4. The standard InChI is InChI=1S/C20H23N3O4/c1-14-3-4-15(2)22(14)11-18-12-23(20(25)27-18)17-7-5-16(6-8-17)21-9-10-26-13-19(21)24/h3-8,18H,9-13H2,1-2H3. The predicted molar refractivity (Wildman–Crippen MR) is 101 cm³/mol. The van der Waals surface area contributed by atoms with Crippen LogP contribution in [0.2, 0.25) is 0 Å². The van der Waals surface area contributed by atoms with Crippen LogP contribution in [0.5, 0.6) is 0 Å². The molecule has 1 unspecified atom stereocenters. The van der Waals surface area contributed by atoms with Gasteiger partial charge in [-0.25, -0.2) is 4.79 Å². The summed E-state index contributed by atoms with van der Waals surface area (Å²) in [6, 6.07) is 11.6. The van der Waals surface area contributed by atoms with Gasteiger partial charge >= 0.3 is 6.09 Å². The van der Waals surface area contributed by atoms with Crippen molar-refractivity contribution in [3.8, 4) is 0 Å². The lowest BCUT2D eigenvalue weighted by molar-refractivity contribution is -0.125. The van der Waals surface area contributed by atoms with Gasteiger partial charge in [-0.2, -0.15) is 0 Å². The molecule has 27 heavy (non-hydrogen) atoms. The second-order valence-electron chi connectivity index (χ2n) is 6.96. The highest BCUT2D eigenvalue weighted by molar-refractivity contribution is 5.95. The molecule has 7 nitrogen and oxygen atoms in total. The molecule has 1 aromatic carbocycles. The minimum Gasteiger partial charge on any atom is -0.442 e. The molecule has 2 aliphatic rings. The summed E-state index contributed by atoms with van der Waals surface area (Å²) in [4.78, 5) is 27.6. The number of morpholine rings is 1. The SMILES string of the molecule is Cc1ccc(C)n1CC1CN(c2ccc(N3CCOCC3=O)cc2)C(=O)O1. The predicted octanol–water partition coefficient (Wildman–Crippen LogP) is 2.49. The monoisotopic (exact) mass is 369 g/mol. The zero-order valence-corrected chi connectivity index (χ0v) is 15.6. The summed E-state index contributed by atoms with van der Waals surface area (Å²) in [5.41, 5.74) is 3.89. The van der Waals surface area contributed by atoms with Gasteiger partial charge in [0.1, 0.15) is 12.7 Å². The number of aryl methyl sites for hydroxylation is 2. The Bertz CT molecular complexity index is 839. The van der Waals surface area contributed by atoms with Crippen LogP contribution in [0.3, 0.4) is 0 Å². The van der Waals surface area contributed by atoms with Crippen LogP contribution < -0.4 is 9.80 Å². The van der Waals surface area contributed by atoms with Crippen molar-refractivity contribution in [1.29, 1.82) is 0 Å². The lowest BCUT2D eigenvalue weighted by Crippen LogP contribution is -2.41. The average molecular weight is 369 g/mol. The molecule has 1 atom stereocenters. The van der Waals surface area contributed by atoms with Gasteiger partial charge in [-0.15, -0.1) is 0 Å². The van der Waals surface area contributed by atoms with Gasteiger partial charge < -0.3 is 18.9 Å². The van der Waals surface area contributed by atoms with Crippen LogP contribution in [0, 0.1) is 13.8 Å². The van der Waals surface area contributed by atoms with Crippen molar-refractivity contribution in [1.82, 2.24) is 4.57 Å². The normalized spacial score (nSPS) is 20.3. The Hall–Kier alpha value is -2.80.